The fourth-order valence-electron chi connectivity index (χ4n) is 1.78. The molecule has 5 heteroatoms. The van der Waals surface area contributed by atoms with Crippen LogP contribution in [-0.4, -0.2) is 30.6 Å². The first-order valence-electron chi connectivity index (χ1n) is 6.68. The largest absolute Gasteiger partial charge is 0.330 e. The Kier molecular flexibility index (Phi) is 5.53. The van der Waals surface area contributed by atoms with Gasteiger partial charge >= 0.3 is 6.03 Å². The average Bonchev–Trinajstić information content (AvgIpc) is 2.44. The van der Waals surface area contributed by atoms with Gasteiger partial charge in [-0.3, -0.25) is 0 Å². The Balaban J connectivity index is 2.75. The summed E-state index contributed by atoms with van der Waals surface area (Å²) >= 11 is 0. The van der Waals surface area contributed by atoms with Crippen molar-refractivity contribution in [3.63, 3.8) is 0 Å². The summed E-state index contributed by atoms with van der Waals surface area (Å²) in [5, 5.41) is 11.7. The first-order chi connectivity index (χ1) is 9.41. The van der Waals surface area contributed by atoms with Crippen molar-refractivity contribution in [3.8, 4) is 6.07 Å². The van der Waals surface area contributed by atoms with Crippen molar-refractivity contribution in [2.24, 2.45) is 11.1 Å². The molecular weight excluding hydrogens is 252 g/mol. The highest BCUT2D eigenvalue weighted by molar-refractivity contribution is 5.89. The molecule has 0 unspecified atom stereocenters. The van der Waals surface area contributed by atoms with E-state index in [1.54, 1.807) is 29.2 Å². The zero-order chi connectivity index (χ0) is 15.2. The number of hydrogen-bond acceptors (Lipinski definition) is 3. The summed E-state index contributed by atoms with van der Waals surface area (Å²) < 4.78 is 0. The maximum atomic E-state index is 12.2. The number of benzene rings is 1. The zero-order valence-corrected chi connectivity index (χ0v) is 12.3. The van der Waals surface area contributed by atoms with E-state index >= 15 is 0 Å². The smallest absolute Gasteiger partial charge is 0.321 e. The van der Waals surface area contributed by atoms with Gasteiger partial charge in [-0.25, -0.2) is 4.79 Å². The molecule has 3 N–H and O–H groups in total. The molecule has 0 radical (unpaired) electrons. The molecule has 0 aliphatic heterocycles. The van der Waals surface area contributed by atoms with Crippen LogP contribution in [0.2, 0.25) is 0 Å². The van der Waals surface area contributed by atoms with Crippen molar-refractivity contribution in [1.29, 1.82) is 5.26 Å². The van der Waals surface area contributed by atoms with Crippen molar-refractivity contribution < 1.29 is 4.79 Å². The lowest BCUT2D eigenvalue weighted by molar-refractivity contribution is 0.185. The van der Waals surface area contributed by atoms with Gasteiger partial charge < -0.3 is 16.0 Å². The van der Waals surface area contributed by atoms with Crippen molar-refractivity contribution in [2.45, 2.75) is 20.8 Å². The molecule has 0 fully saturated rings. The minimum atomic E-state index is -0.177. The number of nitrogens with zero attached hydrogens (tertiary/aromatic N) is 2. The molecule has 1 aromatic carbocycles. The van der Waals surface area contributed by atoms with Crippen LogP contribution in [0.4, 0.5) is 10.5 Å². The number of urea groups is 1. The first-order valence-corrected chi connectivity index (χ1v) is 6.68. The quantitative estimate of drug-likeness (QED) is 0.865. The molecule has 0 atom stereocenters. The van der Waals surface area contributed by atoms with E-state index < -0.39 is 0 Å². The van der Waals surface area contributed by atoms with Crippen LogP contribution < -0.4 is 11.1 Å². The fourth-order valence-corrected chi connectivity index (χ4v) is 1.78. The number of hydrogen-bond donors (Lipinski definition) is 2. The summed E-state index contributed by atoms with van der Waals surface area (Å²) in [6.07, 6.45) is 0. The van der Waals surface area contributed by atoms with Gasteiger partial charge in [0.2, 0.25) is 0 Å². The Morgan fingerprint density at radius 2 is 2.20 bits per heavy atom. The standard InChI is InChI=1S/C15H22N4O/c1-4-19(11-15(2,3)10-17)14(20)18-13-7-5-6-12(8-13)9-16/h5-8H,4,10-11,17H2,1-3H3,(H,18,20). The van der Waals surface area contributed by atoms with Gasteiger partial charge in [0.25, 0.3) is 0 Å². The summed E-state index contributed by atoms with van der Waals surface area (Å²) in [7, 11) is 0. The lowest BCUT2D eigenvalue weighted by atomic mass is 9.93. The molecule has 20 heavy (non-hydrogen) atoms. The first kappa shape index (κ1) is 16.0. The Hall–Kier alpha value is -2.06. The predicted octanol–water partition coefficient (Wildman–Crippen LogP) is 2.40. The van der Waals surface area contributed by atoms with E-state index in [0.717, 1.165) is 0 Å². The molecule has 0 spiro atoms. The Labute approximate surface area is 120 Å². The number of nitrogens with two attached hydrogens (primary N) is 1. The SMILES string of the molecule is CCN(CC(C)(C)CN)C(=O)Nc1cccc(C#N)c1. The average molecular weight is 274 g/mol. The number of anilines is 1. The van der Waals surface area contributed by atoms with Crippen molar-refractivity contribution in [1.82, 2.24) is 4.90 Å². The summed E-state index contributed by atoms with van der Waals surface area (Å²) in [4.78, 5) is 13.9. The third kappa shape index (κ3) is 4.56. The number of carbonyl (C=O) groups is 1. The number of carbonyl (C=O) groups excluding carboxylic acids is 1. The van der Waals surface area contributed by atoms with Crippen LogP contribution in [0.1, 0.15) is 26.3 Å². The third-order valence-electron chi connectivity index (χ3n) is 3.08. The third-order valence-corrected chi connectivity index (χ3v) is 3.08. The number of nitrogens with one attached hydrogen (secondary N) is 1. The van der Waals surface area contributed by atoms with Gasteiger partial charge in [-0.05, 0) is 37.1 Å². The predicted molar refractivity (Wildman–Crippen MR) is 80.3 cm³/mol. The summed E-state index contributed by atoms with van der Waals surface area (Å²) in [6, 6.07) is 8.73. The van der Waals surface area contributed by atoms with E-state index in [0.29, 0.717) is 30.9 Å². The van der Waals surface area contributed by atoms with Gasteiger partial charge in [0, 0.05) is 18.8 Å². The lowest BCUT2D eigenvalue weighted by Gasteiger charge is -2.31. The van der Waals surface area contributed by atoms with Crippen LogP contribution in [0, 0.1) is 16.7 Å². The van der Waals surface area contributed by atoms with Crippen molar-refractivity contribution >= 4 is 11.7 Å². The molecule has 1 rings (SSSR count). The molecule has 0 aliphatic rings. The molecule has 108 valence electrons. The second-order valence-corrected chi connectivity index (χ2v) is 5.51. The van der Waals surface area contributed by atoms with Crippen LogP contribution in [-0.2, 0) is 0 Å². The Morgan fingerprint density at radius 3 is 2.75 bits per heavy atom. The highest BCUT2D eigenvalue weighted by Gasteiger charge is 2.22. The van der Waals surface area contributed by atoms with Crippen LogP contribution in [0.25, 0.3) is 0 Å². The second kappa shape index (κ2) is 6.92. The van der Waals surface area contributed by atoms with Gasteiger partial charge in [-0.2, -0.15) is 5.26 Å². The highest BCUT2D eigenvalue weighted by Crippen LogP contribution is 2.16. The van der Waals surface area contributed by atoms with E-state index in [1.807, 2.05) is 26.8 Å². The van der Waals surface area contributed by atoms with E-state index in [2.05, 4.69) is 5.32 Å². The van der Waals surface area contributed by atoms with E-state index in [9.17, 15) is 4.79 Å². The fraction of sp³-hybridized carbons (Fsp3) is 0.467. The van der Waals surface area contributed by atoms with E-state index in [4.69, 9.17) is 11.0 Å². The molecule has 2 amide bonds. The molecular formula is C15H22N4O. The van der Waals surface area contributed by atoms with E-state index in [-0.39, 0.29) is 11.4 Å². The van der Waals surface area contributed by atoms with Gasteiger partial charge in [-0.1, -0.05) is 19.9 Å². The highest BCUT2D eigenvalue weighted by atomic mass is 16.2. The van der Waals surface area contributed by atoms with Crippen molar-refractivity contribution in [3.05, 3.63) is 29.8 Å². The minimum absolute atomic E-state index is 0.123. The molecule has 0 bridgehead atoms. The van der Waals surface area contributed by atoms with Crippen LogP contribution in [0.3, 0.4) is 0 Å². The molecule has 0 saturated heterocycles. The maximum absolute atomic E-state index is 12.2. The zero-order valence-electron chi connectivity index (χ0n) is 12.3. The van der Waals surface area contributed by atoms with Crippen molar-refractivity contribution in [2.75, 3.05) is 25.0 Å². The van der Waals surface area contributed by atoms with Gasteiger partial charge in [0.15, 0.2) is 0 Å². The Morgan fingerprint density at radius 1 is 1.50 bits per heavy atom. The maximum Gasteiger partial charge on any atom is 0.321 e. The summed E-state index contributed by atoms with van der Waals surface area (Å²) in [6.45, 7) is 7.69. The lowest BCUT2D eigenvalue weighted by Crippen LogP contribution is -2.43. The second-order valence-electron chi connectivity index (χ2n) is 5.51. The van der Waals surface area contributed by atoms with Gasteiger partial charge in [0.05, 0.1) is 11.6 Å². The minimum Gasteiger partial charge on any atom is -0.330 e. The number of nitriles is 1. The van der Waals surface area contributed by atoms with Crippen LogP contribution in [0.5, 0.6) is 0 Å². The summed E-state index contributed by atoms with van der Waals surface area (Å²) in [5.41, 5.74) is 6.73. The summed E-state index contributed by atoms with van der Waals surface area (Å²) in [5.74, 6) is 0. The van der Waals surface area contributed by atoms with Crippen LogP contribution >= 0.6 is 0 Å². The monoisotopic (exact) mass is 274 g/mol. The molecule has 0 heterocycles. The van der Waals surface area contributed by atoms with E-state index in [1.165, 1.54) is 0 Å². The Bertz CT molecular complexity index is 505. The molecule has 1 aromatic rings. The molecule has 0 aromatic heterocycles. The molecule has 5 nitrogen and oxygen atoms in total. The number of amides is 2. The normalized spacial score (nSPS) is 10.8. The molecule has 0 aliphatic carbocycles. The van der Waals surface area contributed by atoms with Crippen LogP contribution in [0.15, 0.2) is 24.3 Å². The van der Waals surface area contributed by atoms with Gasteiger partial charge in [0.1, 0.15) is 0 Å². The number of rotatable bonds is 5. The van der Waals surface area contributed by atoms with Gasteiger partial charge in [-0.15, -0.1) is 0 Å². The topological polar surface area (TPSA) is 82.2 Å². The molecule has 0 saturated carbocycles.